The van der Waals surface area contributed by atoms with Crippen LogP contribution < -0.4 is 10.6 Å². The number of fused-ring (bicyclic) bond motifs is 5. The van der Waals surface area contributed by atoms with Crippen molar-refractivity contribution in [3.63, 3.8) is 0 Å². The minimum absolute atomic E-state index is 0.0836. The summed E-state index contributed by atoms with van der Waals surface area (Å²) in [5, 5.41) is 10.4. The summed E-state index contributed by atoms with van der Waals surface area (Å²) in [6.07, 6.45) is 33.8. The van der Waals surface area contributed by atoms with Crippen LogP contribution in [0.5, 0.6) is 0 Å². The average Bonchev–Trinajstić information content (AvgIpc) is 3.87. The second kappa shape index (κ2) is 15.5. The summed E-state index contributed by atoms with van der Waals surface area (Å²) in [5.41, 5.74) is 17.0. The Balaban J connectivity index is 0.834. The van der Waals surface area contributed by atoms with Crippen molar-refractivity contribution in [1.29, 1.82) is 0 Å². The van der Waals surface area contributed by atoms with Gasteiger partial charge in [0.05, 0.1) is 35.3 Å². The Morgan fingerprint density at radius 1 is 0.629 bits per heavy atom. The minimum atomic E-state index is 0.0836. The molecule has 5 unspecified atom stereocenters. The normalized spacial score (nSPS) is 24.1. The van der Waals surface area contributed by atoms with Gasteiger partial charge in [0, 0.05) is 33.8 Å². The zero-order chi connectivity index (χ0) is 41.0. The van der Waals surface area contributed by atoms with Gasteiger partial charge in [0.1, 0.15) is 0 Å². The largest absolute Gasteiger partial charge is 0.369 e. The highest BCUT2D eigenvalue weighted by atomic mass is 15.2. The lowest BCUT2D eigenvalue weighted by Crippen LogP contribution is -2.50. The smallest absolute Gasteiger partial charge is 0.0842 e. The molecule has 5 aromatic carbocycles. The van der Waals surface area contributed by atoms with E-state index in [1.165, 1.54) is 83.4 Å². The third-order valence-corrected chi connectivity index (χ3v) is 13.9. The lowest BCUT2D eigenvalue weighted by atomic mass is 9.87. The number of benzene rings is 5. The van der Waals surface area contributed by atoms with E-state index in [9.17, 15) is 0 Å². The van der Waals surface area contributed by atoms with Gasteiger partial charge in [0.15, 0.2) is 0 Å². The Hall–Kier alpha value is -6.88. The Morgan fingerprint density at radius 2 is 1.44 bits per heavy atom. The molecule has 12 rings (SSSR count). The second-order valence-corrected chi connectivity index (χ2v) is 17.5. The van der Waals surface area contributed by atoms with Crippen molar-refractivity contribution >= 4 is 38.6 Å². The monoisotopic (exact) mass is 802 g/mol. The molecule has 0 fully saturated rings. The summed E-state index contributed by atoms with van der Waals surface area (Å²) in [4.78, 5) is 2.74. The molecule has 0 saturated heterocycles. The topological polar surface area (TPSA) is 32.2 Å². The summed E-state index contributed by atoms with van der Waals surface area (Å²) in [7, 11) is 0. The predicted molar refractivity (Wildman–Crippen MR) is 258 cm³/mol. The molecule has 0 radical (unpaired) electrons. The summed E-state index contributed by atoms with van der Waals surface area (Å²) < 4.78 is 2.46. The van der Waals surface area contributed by atoms with Gasteiger partial charge < -0.3 is 14.8 Å². The molecule has 0 amide bonds. The number of nitrogens with one attached hydrogen (secondary N) is 2. The van der Waals surface area contributed by atoms with E-state index in [4.69, 9.17) is 0 Å². The first kappa shape index (κ1) is 36.9. The van der Waals surface area contributed by atoms with Crippen LogP contribution >= 0.6 is 0 Å². The van der Waals surface area contributed by atoms with Crippen LogP contribution in [0.25, 0.3) is 44.3 Å². The number of hydrogen-bond acceptors (Lipinski definition) is 3. The molecule has 0 spiro atoms. The summed E-state index contributed by atoms with van der Waals surface area (Å²) in [5.74, 6) is 0.286. The van der Waals surface area contributed by atoms with Crippen LogP contribution in [0.15, 0.2) is 217 Å². The molecule has 4 heteroatoms. The number of allylic oxidation sites excluding steroid dienone is 10. The zero-order valence-electron chi connectivity index (χ0n) is 34.9. The maximum atomic E-state index is 3.94. The molecule has 4 aliphatic carbocycles. The van der Waals surface area contributed by atoms with Crippen molar-refractivity contribution in [1.82, 2.24) is 20.1 Å². The van der Waals surface area contributed by atoms with E-state index >= 15 is 0 Å². The Labute approximate surface area is 364 Å². The highest BCUT2D eigenvalue weighted by Crippen LogP contribution is 2.46. The minimum Gasteiger partial charge on any atom is -0.369 e. The maximum absolute atomic E-state index is 3.94. The van der Waals surface area contributed by atoms with Crippen molar-refractivity contribution in [2.45, 2.75) is 56.4 Å². The number of rotatable bonds is 7. The van der Waals surface area contributed by atoms with Crippen LogP contribution in [0, 0.1) is 5.92 Å². The van der Waals surface area contributed by atoms with Gasteiger partial charge in [-0.15, -0.1) is 0 Å². The van der Waals surface area contributed by atoms with E-state index in [-0.39, 0.29) is 18.1 Å². The van der Waals surface area contributed by atoms with Crippen LogP contribution in [-0.2, 0) is 0 Å². The second-order valence-electron chi connectivity index (χ2n) is 17.5. The lowest BCUT2D eigenvalue weighted by molar-refractivity contribution is 0.247. The molecule has 0 saturated carbocycles. The summed E-state index contributed by atoms with van der Waals surface area (Å²) in [6.45, 7) is 0. The number of para-hydroxylation sites is 1. The Morgan fingerprint density at radius 3 is 2.26 bits per heavy atom. The van der Waals surface area contributed by atoms with Gasteiger partial charge in [-0.1, -0.05) is 164 Å². The van der Waals surface area contributed by atoms with Crippen molar-refractivity contribution < 1.29 is 0 Å². The van der Waals surface area contributed by atoms with E-state index in [0.29, 0.717) is 12.1 Å². The number of hydrogen-bond donors (Lipinski definition) is 2. The first-order valence-corrected chi connectivity index (χ1v) is 22.6. The van der Waals surface area contributed by atoms with Gasteiger partial charge in [-0.05, 0) is 113 Å². The van der Waals surface area contributed by atoms with Gasteiger partial charge in [0.2, 0.25) is 0 Å². The zero-order valence-corrected chi connectivity index (χ0v) is 34.9. The Bertz CT molecular complexity index is 3000. The third kappa shape index (κ3) is 6.40. The molecule has 302 valence electrons. The van der Waals surface area contributed by atoms with E-state index in [2.05, 4.69) is 220 Å². The van der Waals surface area contributed by atoms with E-state index in [0.717, 1.165) is 32.1 Å². The summed E-state index contributed by atoms with van der Waals surface area (Å²) in [6, 6.07) is 47.5. The first-order chi connectivity index (χ1) is 30.7. The molecule has 6 aliphatic rings. The molecule has 0 bridgehead atoms. The van der Waals surface area contributed by atoms with Gasteiger partial charge in [-0.3, -0.25) is 5.32 Å². The molecule has 1 aromatic heterocycles. The van der Waals surface area contributed by atoms with Crippen molar-refractivity contribution in [2.24, 2.45) is 5.92 Å². The van der Waals surface area contributed by atoms with Crippen LogP contribution in [0.4, 0.5) is 0 Å². The standard InChI is InChI=1S/C58H50N4/c1-4-15-41(16-5-1)51-38-52(42-17-6-2-7-18-42)60-58(59-51)43-29-27-40(28-30-43)47-23-14-26-56-57(47)49-22-11-13-25-54(49)62(56)46-34-31-39(32-35-46)44-33-36-55-50(37-44)48-21-10-12-24-53(48)61(55)45-19-8-3-9-20-45/h1-11,13-19,21-23,25-29,31-35,37-38,43,45,51,55,58-60H,12,20,24,30,36H2. The highest BCUT2D eigenvalue weighted by molar-refractivity contribution is 6.14. The number of nitrogens with zero attached hydrogens (tertiary/aromatic N) is 2. The quantitative estimate of drug-likeness (QED) is 0.169. The van der Waals surface area contributed by atoms with Crippen LogP contribution in [0.2, 0.25) is 0 Å². The fourth-order valence-electron chi connectivity index (χ4n) is 11.0. The van der Waals surface area contributed by atoms with Gasteiger partial charge in [-0.2, -0.15) is 0 Å². The van der Waals surface area contributed by atoms with Crippen LogP contribution in [0.3, 0.4) is 0 Å². The van der Waals surface area contributed by atoms with Crippen LogP contribution in [-0.4, -0.2) is 27.7 Å². The van der Waals surface area contributed by atoms with Gasteiger partial charge >= 0.3 is 0 Å². The number of aromatic nitrogens is 1. The van der Waals surface area contributed by atoms with Crippen molar-refractivity contribution in [3.05, 3.63) is 239 Å². The fourth-order valence-corrected chi connectivity index (χ4v) is 11.0. The Kier molecular flexibility index (Phi) is 9.26. The van der Waals surface area contributed by atoms with E-state index in [1.54, 1.807) is 0 Å². The van der Waals surface area contributed by atoms with Gasteiger partial charge in [-0.25, -0.2) is 0 Å². The molecule has 4 nitrogen and oxygen atoms in total. The van der Waals surface area contributed by atoms with E-state index in [1.807, 2.05) is 0 Å². The SMILES string of the molecule is C1=CCC(N2C3=C(C=CCC3)C3=CC(c4ccc(-n5c6ccccc6c6c(C7=CCC(C8NC(c9ccccc9)=CC(c9ccccc9)N8)C=C7)cccc65)cc4)=CCC32)C=C1. The molecule has 62 heavy (non-hydrogen) atoms. The van der Waals surface area contributed by atoms with Crippen molar-refractivity contribution in [2.75, 3.05) is 0 Å². The molecular formula is C58H50N4. The summed E-state index contributed by atoms with van der Waals surface area (Å²) >= 11 is 0. The van der Waals surface area contributed by atoms with Gasteiger partial charge in [0.25, 0.3) is 0 Å². The third-order valence-electron chi connectivity index (χ3n) is 13.9. The highest BCUT2D eigenvalue weighted by Gasteiger charge is 2.39. The fraction of sp³-hybridized carbons (Fsp3) is 0.172. The van der Waals surface area contributed by atoms with Crippen LogP contribution in [0.1, 0.15) is 60.4 Å². The molecule has 2 aliphatic heterocycles. The molecule has 3 heterocycles. The molecule has 6 aromatic rings. The lowest BCUT2D eigenvalue weighted by Gasteiger charge is -2.37. The van der Waals surface area contributed by atoms with Crippen molar-refractivity contribution in [3.8, 4) is 5.69 Å². The van der Waals surface area contributed by atoms with E-state index < -0.39 is 0 Å². The first-order valence-electron chi connectivity index (χ1n) is 22.6. The predicted octanol–water partition coefficient (Wildman–Crippen LogP) is 12.9. The molecular weight excluding hydrogens is 753 g/mol. The molecule has 5 atom stereocenters. The average molecular weight is 803 g/mol. The molecule has 2 N–H and O–H groups in total. The maximum Gasteiger partial charge on any atom is 0.0842 e.